The molecule has 0 spiro atoms. The largest absolute Gasteiger partial charge is 0.396 e. The molecule has 2 heterocycles. The quantitative estimate of drug-likeness (QED) is 0.861. The molecule has 0 aromatic carbocycles. The molecule has 0 radical (unpaired) electrons. The molecule has 15 heavy (non-hydrogen) atoms. The molecule has 74 valence electrons. The van der Waals surface area contributed by atoms with E-state index in [1.807, 2.05) is 11.4 Å². The lowest BCUT2D eigenvalue weighted by Gasteiger charge is -2.01. The number of hydrogen-bond acceptors (Lipinski definition) is 6. The van der Waals surface area contributed by atoms with Gasteiger partial charge in [0.25, 0.3) is 0 Å². The molecule has 0 atom stereocenters. The number of hydrogen-bond donors (Lipinski definition) is 1. The summed E-state index contributed by atoms with van der Waals surface area (Å²) in [7, 11) is 0. The van der Waals surface area contributed by atoms with E-state index in [0.29, 0.717) is 16.3 Å². The lowest BCUT2D eigenvalue weighted by Crippen LogP contribution is -1.92. The Morgan fingerprint density at radius 1 is 1.47 bits per heavy atom. The third-order valence-electron chi connectivity index (χ3n) is 1.60. The van der Waals surface area contributed by atoms with Crippen LogP contribution in [0, 0.1) is 11.3 Å². The van der Waals surface area contributed by atoms with E-state index in [1.165, 1.54) is 29.3 Å². The maximum atomic E-state index is 8.65. The van der Waals surface area contributed by atoms with E-state index in [4.69, 9.17) is 11.0 Å². The van der Waals surface area contributed by atoms with Gasteiger partial charge in [-0.1, -0.05) is 0 Å². The van der Waals surface area contributed by atoms with E-state index in [1.54, 1.807) is 12.3 Å². The predicted octanol–water partition coefficient (Wildman–Crippen LogP) is 2.14. The number of thiazole rings is 1. The average molecular weight is 234 g/mol. The summed E-state index contributed by atoms with van der Waals surface area (Å²) >= 11 is 2.93. The Labute approximate surface area is 94.8 Å². The topological polar surface area (TPSA) is 75.6 Å². The molecule has 4 nitrogen and oxygen atoms in total. The summed E-state index contributed by atoms with van der Waals surface area (Å²) in [5.74, 6) is 0. The van der Waals surface area contributed by atoms with Crippen molar-refractivity contribution in [2.24, 2.45) is 0 Å². The van der Waals surface area contributed by atoms with Crippen molar-refractivity contribution in [3.8, 4) is 6.07 Å². The van der Waals surface area contributed by atoms with Crippen LogP contribution in [0.15, 0.2) is 33.2 Å². The summed E-state index contributed by atoms with van der Waals surface area (Å²) < 4.78 is 0.888. The highest BCUT2D eigenvalue weighted by atomic mass is 32.2. The molecule has 0 unspecified atom stereocenters. The molecule has 0 aliphatic heterocycles. The zero-order valence-corrected chi connectivity index (χ0v) is 9.18. The van der Waals surface area contributed by atoms with Crippen molar-refractivity contribution < 1.29 is 0 Å². The molecule has 2 rings (SSSR count). The first-order valence-corrected chi connectivity index (χ1v) is 5.72. The van der Waals surface area contributed by atoms with Crippen LogP contribution >= 0.6 is 23.1 Å². The van der Waals surface area contributed by atoms with E-state index in [2.05, 4.69) is 9.97 Å². The maximum absolute atomic E-state index is 8.65. The first-order valence-electron chi connectivity index (χ1n) is 4.02. The number of anilines is 1. The SMILES string of the molecule is N#Cc1cnc(Sc2nccs2)c(N)c1. The summed E-state index contributed by atoms with van der Waals surface area (Å²) in [5.41, 5.74) is 6.73. The fourth-order valence-corrected chi connectivity index (χ4v) is 2.48. The van der Waals surface area contributed by atoms with Crippen LogP contribution in [0.25, 0.3) is 0 Å². The highest BCUT2D eigenvalue weighted by molar-refractivity contribution is 8.01. The second-order valence-corrected chi connectivity index (χ2v) is 4.76. The van der Waals surface area contributed by atoms with Crippen LogP contribution in [-0.2, 0) is 0 Å². The molecule has 2 N–H and O–H groups in total. The minimum absolute atomic E-state index is 0.469. The summed E-state index contributed by atoms with van der Waals surface area (Å²) in [5, 5.41) is 11.2. The fourth-order valence-electron chi connectivity index (χ4n) is 0.959. The number of nitrogens with two attached hydrogens (primary N) is 1. The number of nitrogens with zero attached hydrogens (tertiary/aromatic N) is 3. The van der Waals surface area contributed by atoms with Crippen LogP contribution in [0.3, 0.4) is 0 Å². The third kappa shape index (κ3) is 2.26. The van der Waals surface area contributed by atoms with Gasteiger partial charge in [-0.2, -0.15) is 5.26 Å². The maximum Gasteiger partial charge on any atom is 0.156 e. The van der Waals surface area contributed by atoms with Crippen molar-refractivity contribution in [3.05, 3.63) is 29.4 Å². The smallest absolute Gasteiger partial charge is 0.156 e. The first kappa shape index (κ1) is 9.96. The second kappa shape index (κ2) is 4.29. The van der Waals surface area contributed by atoms with Crippen molar-refractivity contribution in [3.63, 3.8) is 0 Å². The van der Waals surface area contributed by atoms with E-state index in [0.717, 1.165) is 4.34 Å². The second-order valence-electron chi connectivity index (χ2n) is 2.63. The molecule has 2 aromatic rings. The van der Waals surface area contributed by atoms with E-state index < -0.39 is 0 Å². The van der Waals surface area contributed by atoms with Crippen LogP contribution in [0.2, 0.25) is 0 Å². The number of aromatic nitrogens is 2. The number of rotatable bonds is 2. The van der Waals surface area contributed by atoms with Gasteiger partial charge < -0.3 is 5.73 Å². The van der Waals surface area contributed by atoms with Crippen molar-refractivity contribution in [2.45, 2.75) is 9.37 Å². The number of pyridine rings is 1. The Morgan fingerprint density at radius 3 is 2.93 bits per heavy atom. The number of nitriles is 1. The Morgan fingerprint density at radius 2 is 2.33 bits per heavy atom. The highest BCUT2D eigenvalue weighted by Crippen LogP contribution is 2.31. The molecule has 6 heteroatoms. The van der Waals surface area contributed by atoms with Gasteiger partial charge >= 0.3 is 0 Å². The van der Waals surface area contributed by atoms with Crippen LogP contribution in [0.5, 0.6) is 0 Å². The fraction of sp³-hybridized carbons (Fsp3) is 0. The van der Waals surface area contributed by atoms with Gasteiger partial charge in [-0.05, 0) is 17.8 Å². The summed E-state index contributed by atoms with van der Waals surface area (Å²) in [4.78, 5) is 8.22. The molecule has 0 amide bonds. The zero-order chi connectivity index (χ0) is 10.7. The van der Waals surface area contributed by atoms with Gasteiger partial charge in [0.2, 0.25) is 0 Å². The summed E-state index contributed by atoms with van der Waals surface area (Å²) in [6.07, 6.45) is 3.24. The van der Waals surface area contributed by atoms with Crippen molar-refractivity contribution in [2.75, 3.05) is 5.73 Å². The molecule has 0 fully saturated rings. The molecular formula is C9H6N4S2. The Bertz CT molecular complexity index is 501. The van der Waals surface area contributed by atoms with Gasteiger partial charge in [0, 0.05) is 17.8 Å². The van der Waals surface area contributed by atoms with Crippen LogP contribution in [-0.4, -0.2) is 9.97 Å². The molecule has 0 bridgehead atoms. The Kier molecular flexibility index (Phi) is 2.85. The van der Waals surface area contributed by atoms with Gasteiger partial charge in [0.1, 0.15) is 11.1 Å². The van der Waals surface area contributed by atoms with E-state index >= 15 is 0 Å². The zero-order valence-electron chi connectivity index (χ0n) is 7.54. The van der Waals surface area contributed by atoms with Crippen LogP contribution in [0.1, 0.15) is 5.56 Å². The Balaban J connectivity index is 2.27. The predicted molar refractivity (Wildman–Crippen MR) is 59.6 cm³/mol. The molecule has 0 aliphatic rings. The molecule has 0 aliphatic carbocycles. The van der Waals surface area contributed by atoms with E-state index in [9.17, 15) is 0 Å². The van der Waals surface area contributed by atoms with E-state index in [-0.39, 0.29) is 0 Å². The van der Waals surface area contributed by atoms with Crippen LogP contribution in [0.4, 0.5) is 5.69 Å². The monoisotopic (exact) mass is 234 g/mol. The minimum atomic E-state index is 0.469. The summed E-state index contributed by atoms with van der Waals surface area (Å²) in [6, 6.07) is 3.60. The molecule has 2 aromatic heterocycles. The summed E-state index contributed by atoms with van der Waals surface area (Å²) in [6.45, 7) is 0. The standard InChI is InChI=1S/C9H6N4S2/c10-4-6-3-7(11)8(13-5-6)15-9-12-1-2-14-9/h1-3,5H,11H2. The molecule has 0 saturated heterocycles. The lowest BCUT2D eigenvalue weighted by molar-refractivity contribution is 1.12. The van der Waals surface area contributed by atoms with Gasteiger partial charge in [-0.15, -0.1) is 11.3 Å². The van der Waals surface area contributed by atoms with Gasteiger partial charge in [-0.3, -0.25) is 0 Å². The van der Waals surface area contributed by atoms with Gasteiger partial charge in [-0.25, -0.2) is 9.97 Å². The third-order valence-corrected chi connectivity index (χ3v) is 3.52. The van der Waals surface area contributed by atoms with Crippen molar-refractivity contribution >= 4 is 28.8 Å². The molecule has 0 saturated carbocycles. The highest BCUT2D eigenvalue weighted by Gasteiger charge is 2.06. The van der Waals surface area contributed by atoms with Crippen molar-refractivity contribution in [1.29, 1.82) is 5.26 Å². The lowest BCUT2D eigenvalue weighted by atomic mass is 10.3. The van der Waals surface area contributed by atoms with Gasteiger partial charge in [0.15, 0.2) is 4.34 Å². The minimum Gasteiger partial charge on any atom is -0.396 e. The Hall–Kier alpha value is -1.58. The average Bonchev–Trinajstić information content (AvgIpc) is 2.74. The van der Waals surface area contributed by atoms with Crippen LogP contribution < -0.4 is 5.73 Å². The molecular weight excluding hydrogens is 228 g/mol. The number of nitrogen functional groups attached to an aromatic ring is 1. The van der Waals surface area contributed by atoms with Gasteiger partial charge in [0.05, 0.1) is 11.3 Å². The first-order chi connectivity index (χ1) is 7.29. The van der Waals surface area contributed by atoms with Crippen molar-refractivity contribution in [1.82, 2.24) is 9.97 Å². The normalized spacial score (nSPS) is 9.80.